The largest absolute Gasteiger partial charge is 0.369 e. The van der Waals surface area contributed by atoms with Crippen LogP contribution in [-0.2, 0) is 11.2 Å². The van der Waals surface area contributed by atoms with E-state index in [1.54, 1.807) is 24.3 Å². The van der Waals surface area contributed by atoms with Crippen LogP contribution in [0.3, 0.4) is 0 Å². The van der Waals surface area contributed by atoms with E-state index in [1.165, 1.54) is 0 Å². The molecule has 0 heterocycles. The van der Waals surface area contributed by atoms with Gasteiger partial charge in [-0.15, -0.1) is 0 Å². The average molecular weight is 249 g/mol. The first-order valence-electron chi connectivity index (χ1n) is 5.73. The normalized spacial score (nSPS) is 10.8. The molecule has 0 atom stereocenters. The standard InChI is InChI=1S/C13H19N3O2/c1-13(2,3)16-12(18)15-10-7-5-4-6-9(10)8-11(14)17/h4-7H,8H2,1-3H3,(H2,14,17)(H2,15,16,18). The number of nitrogens with two attached hydrogens (primary N) is 1. The van der Waals surface area contributed by atoms with E-state index in [9.17, 15) is 9.59 Å². The number of primary amides is 1. The van der Waals surface area contributed by atoms with Crippen molar-refractivity contribution in [1.82, 2.24) is 5.32 Å². The van der Waals surface area contributed by atoms with E-state index in [0.717, 1.165) is 0 Å². The van der Waals surface area contributed by atoms with Crippen molar-refractivity contribution in [3.63, 3.8) is 0 Å². The Morgan fingerprint density at radius 3 is 2.39 bits per heavy atom. The lowest BCUT2D eigenvalue weighted by atomic mass is 10.1. The van der Waals surface area contributed by atoms with E-state index in [1.807, 2.05) is 20.8 Å². The third-order valence-electron chi connectivity index (χ3n) is 2.12. The average Bonchev–Trinajstić information content (AvgIpc) is 2.17. The molecule has 0 aliphatic carbocycles. The number of rotatable bonds is 3. The molecule has 1 rings (SSSR count). The number of anilines is 1. The fourth-order valence-corrected chi connectivity index (χ4v) is 1.48. The first kappa shape index (κ1) is 14.0. The summed E-state index contributed by atoms with van der Waals surface area (Å²) in [5.74, 6) is -0.430. The molecule has 1 aromatic carbocycles. The molecule has 0 aliphatic heterocycles. The molecular weight excluding hydrogens is 230 g/mol. The van der Waals surface area contributed by atoms with Gasteiger partial charge in [0.2, 0.25) is 5.91 Å². The van der Waals surface area contributed by atoms with E-state index in [0.29, 0.717) is 11.3 Å². The fourth-order valence-electron chi connectivity index (χ4n) is 1.48. The lowest BCUT2D eigenvalue weighted by Crippen LogP contribution is -2.43. The van der Waals surface area contributed by atoms with Crippen molar-refractivity contribution in [2.45, 2.75) is 32.7 Å². The zero-order chi connectivity index (χ0) is 13.8. The van der Waals surface area contributed by atoms with Gasteiger partial charge in [-0.25, -0.2) is 4.79 Å². The van der Waals surface area contributed by atoms with Crippen LogP contribution >= 0.6 is 0 Å². The Balaban J connectivity index is 2.78. The van der Waals surface area contributed by atoms with Crippen LogP contribution < -0.4 is 16.4 Å². The fraction of sp³-hybridized carbons (Fsp3) is 0.385. The van der Waals surface area contributed by atoms with Gasteiger partial charge in [0.15, 0.2) is 0 Å². The molecule has 0 unspecified atom stereocenters. The van der Waals surface area contributed by atoms with Crippen molar-refractivity contribution >= 4 is 17.6 Å². The molecule has 5 nitrogen and oxygen atoms in total. The van der Waals surface area contributed by atoms with Crippen molar-refractivity contribution in [1.29, 1.82) is 0 Å². The second-order valence-electron chi connectivity index (χ2n) is 5.13. The summed E-state index contributed by atoms with van der Waals surface area (Å²) in [4.78, 5) is 22.7. The topological polar surface area (TPSA) is 84.2 Å². The number of urea groups is 1. The Kier molecular flexibility index (Phi) is 4.31. The Labute approximate surface area is 107 Å². The third-order valence-corrected chi connectivity index (χ3v) is 2.12. The zero-order valence-corrected chi connectivity index (χ0v) is 10.9. The van der Waals surface area contributed by atoms with Crippen LogP contribution in [0, 0.1) is 0 Å². The van der Waals surface area contributed by atoms with E-state index < -0.39 is 5.91 Å². The number of benzene rings is 1. The van der Waals surface area contributed by atoms with E-state index >= 15 is 0 Å². The molecule has 0 spiro atoms. The summed E-state index contributed by atoms with van der Waals surface area (Å²) in [6.45, 7) is 5.67. The minimum Gasteiger partial charge on any atom is -0.369 e. The van der Waals surface area contributed by atoms with E-state index in [-0.39, 0.29) is 18.0 Å². The van der Waals surface area contributed by atoms with Gasteiger partial charge < -0.3 is 16.4 Å². The molecular formula is C13H19N3O2. The first-order valence-corrected chi connectivity index (χ1v) is 5.73. The Morgan fingerprint density at radius 1 is 1.22 bits per heavy atom. The molecule has 0 radical (unpaired) electrons. The maximum Gasteiger partial charge on any atom is 0.319 e. The molecule has 0 saturated carbocycles. The van der Waals surface area contributed by atoms with Gasteiger partial charge >= 0.3 is 6.03 Å². The Morgan fingerprint density at radius 2 is 1.83 bits per heavy atom. The van der Waals surface area contributed by atoms with E-state index in [4.69, 9.17) is 5.73 Å². The number of nitrogens with one attached hydrogen (secondary N) is 2. The minimum atomic E-state index is -0.430. The summed E-state index contributed by atoms with van der Waals surface area (Å²) in [5, 5.41) is 5.50. The molecule has 3 amide bonds. The van der Waals surface area contributed by atoms with Gasteiger partial charge in [0, 0.05) is 11.2 Å². The molecule has 0 aliphatic rings. The monoisotopic (exact) mass is 249 g/mol. The number of amides is 3. The van der Waals surface area contributed by atoms with Gasteiger partial charge in [0.05, 0.1) is 6.42 Å². The van der Waals surface area contributed by atoms with Crippen LogP contribution in [-0.4, -0.2) is 17.5 Å². The van der Waals surface area contributed by atoms with Crippen LogP contribution in [0.5, 0.6) is 0 Å². The predicted octanol–water partition coefficient (Wildman–Crippen LogP) is 1.63. The molecule has 5 heteroatoms. The molecule has 0 bridgehead atoms. The highest BCUT2D eigenvalue weighted by Gasteiger charge is 2.14. The van der Waals surface area contributed by atoms with Crippen LogP contribution in [0.25, 0.3) is 0 Å². The summed E-state index contributed by atoms with van der Waals surface area (Å²) in [7, 11) is 0. The van der Waals surface area contributed by atoms with Gasteiger partial charge in [-0.05, 0) is 32.4 Å². The van der Waals surface area contributed by atoms with Crippen molar-refractivity contribution in [3.8, 4) is 0 Å². The quantitative estimate of drug-likeness (QED) is 0.760. The second-order valence-corrected chi connectivity index (χ2v) is 5.13. The third kappa shape index (κ3) is 4.86. The number of carbonyl (C=O) groups is 2. The summed E-state index contributed by atoms with van der Waals surface area (Å²) in [5.41, 5.74) is 6.14. The molecule has 1 aromatic rings. The number of carbonyl (C=O) groups excluding carboxylic acids is 2. The van der Waals surface area contributed by atoms with Gasteiger partial charge in [0.1, 0.15) is 0 Å². The highest BCUT2D eigenvalue weighted by Crippen LogP contribution is 2.15. The molecule has 98 valence electrons. The van der Waals surface area contributed by atoms with Gasteiger partial charge in [-0.1, -0.05) is 18.2 Å². The molecule has 4 N–H and O–H groups in total. The summed E-state index contributed by atoms with van der Waals surface area (Å²) in [6.07, 6.45) is 0.103. The Hall–Kier alpha value is -2.04. The van der Waals surface area contributed by atoms with Crippen molar-refractivity contribution in [3.05, 3.63) is 29.8 Å². The SMILES string of the molecule is CC(C)(C)NC(=O)Nc1ccccc1CC(N)=O. The van der Waals surface area contributed by atoms with Gasteiger partial charge in [-0.2, -0.15) is 0 Å². The maximum absolute atomic E-state index is 11.7. The Bertz CT molecular complexity index is 450. The maximum atomic E-state index is 11.7. The number of hydrogen-bond acceptors (Lipinski definition) is 2. The van der Waals surface area contributed by atoms with Crippen molar-refractivity contribution in [2.24, 2.45) is 5.73 Å². The molecule has 0 aromatic heterocycles. The molecule has 0 fully saturated rings. The van der Waals surface area contributed by atoms with Gasteiger partial charge in [0.25, 0.3) is 0 Å². The summed E-state index contributed by atoms with van der Waals surface area (Å²) < 4.78 is 0. The second kappa shape index (κ2) is 5.53. The minimum absolute atomic E-state index is 0.103. The van der Waals surface area contributed by atoms with Crippen LogP contribution in [0.1, 0.15) is 26.3 Å². The lowest BCUT2D eigenvalue weighted by molar-refractivity contribution is -0.117. The highest BCUT2D eigenvalue weighted by atomic mass is 16.2. The first-order chi connectivity index (χ1) is 8.28. The van der Waals surface area contributed by atoms with Gasteiger partial charge in [-0.3, -0.25) is 4.79 Å². The zero-order valence-electron chi connectivity index (χ0n) is 10.9. The van der Waals surface area contributed by atoms with Crippen molar-refractivity contribution < 1.29 is 9.59 Å². The molecule has 0 saturated heterocycles. The predicted molar refractivity (Wildman–Crippen MR) is 71.2 cm³/mol. The molecule has 18 heavy (non-hydrogen) atoms. The smallest absolute Gasteiger partial charge is 0.319 e. The van der Waals surface area contributed by atoms with Crippen LogP contribution in [0.15, 0.2) is 24.3 Å². The van der Waals surface area contributed by atoms with Crippen molar-refractivity contribution in [2.75, 3.05) is 5.32 Å². The van der Waals surface area contributed by atoms with E-state index in [2.05, 4.69) is 10.6 Å². The summed E-state index contributed by atoms with van der Waals surface area (Å²) >= 11 is 0. The van der Waals surface area contributed by atoms with Crippen LogP contribution in [0.2, 0.25) is 0 Å². The summed E-state index contributed by atoms with van der Waals surface area (Å²) in [6, 6.07) is 6.78. The number of hydrogen-bond donors (Lipinski definition) is 3. The highest BCUT2D eigenvalue weighted by molar-refractivity contribution is 5.91. The lowest BCUT2D eigenvalue weighted by Gasteiger charge is -2.21. The van der Waals surface area contributed by atoms with Crippen LogP contribution in [0.4, 0.5) is 10.5 Å². The number of para-hydroxylation sites is 1.